The molecule has 0 bridgehead atoms. The highest BCUT2D eigenvalue weighted by Gasteiger charge is 2.18. The van der Waals surface area contributed by atoms with Crippen LogP contribution in [0.3, 0.4) is 0 Å². The average molecular weight is 386 g/mol. The number of rotatable bonds is 10. The Kier molecular flexibility index (Phi) is 7.68. The molecule has 1 amide bonds. The summed E-state index contributed by atoms with van der Waals surface area (Å²) >= 11 is 0. The Labute approximate surface area is 164 Å². The molecule has 2 aromatic carbocycles. The van der Waals surface area contributed by atoms with Gasteiger partial charge in [-0.15, -0.1) is 0 Å². The summed E-state index contributed by atoms with van der Waals surface area (Å²) in [5, 5.41) is 13.9. The third-order valence-corrected chi connectivity index (χ3v) is 4.08. The molecule has 0 spiro atoms. The van der Waals surface area contributed by atoms with Gasteiger partial charge in [-0.1, -0.05) is 19.1 Å². The number of benzene rings is 2. The lowest BCUT2D eigenvalue weighted by atomic mass is 10.0. The molecule has 0 saturated heterocycles. The van der Waals surface area contributed by atoms with E-state index in [0.717, 1.165) is 6.42 Å². The number of carboxylic acids is 1. The SMILES string of the molecule is CCCOc1ccc([C@H](CC(=O)[O-])NC(=O)c2ccc(OC)c(OC)c2)cc1. The molecule has 2 aromatic rings. The number of ether oxygens (including phenoxy) is 3. The Balaban J connectivity index is 2.19. The summed E-state index contributed by atoms with van der Waals surface area (Å²) in [6, 6.07) is 10.9. The predicted molar refractivity (Wildman–Crippen MR) is 102 cm³/mol. The lowest BCUT2D eigenvalue weighted by molar-refractivity contribution is -0.306. The van der Waals surface area contributed by atoms with E-state index in [2.05, 4.69) is 5.32 Å². The normalized spacial score (nSPS) is 11.4. The molecule has 0 radical (unpaired) electrons. The first-order valence-electron chi connectivity index (χ1n) is 8.94. The molecule has 28 heavy (non-hydrogen) atoms. The van der Waals surface area contributed by atoms with Gasteiger partial charge < -0.3 is 29.4 Å². The zero-order valence-corrected chi connectivity index (χ0v) is 16.2. The van der Waals surface area contributed by atoms with Crippen LogP contribution in [-0.4, -0.2) is 32.7 Å². The van der Waals surface area contributed by atoms with Gasteiger partial charge in [-0.3, -0.25) is 4.79 Å². The lowest BCUT2D eigenvalue weighted by Gasteiger charge is -2.20. The summed E-state index contributed by atoms with van der Waals surface area (Å²) in [6.45, 7) is 2.60. The molecule has 0 aliphatic carbocycles. The van der Waals surface area contributed by atoms with Gasteiger partial charge in [0.2, 0.25) is 0 Å². The standard InChI is InChI=1S/C21H25NO6/c1-4-11-28-16-8-5-14(6-9-16)17(13-20(23)24)22-21(25)15-7-10-18(26-2)19(12-15)27-3/h5-10,12,17H,4,11,13H2,1-3H3,(H,22,25)(H,23,24)/p-1/t17-/m0/s1. The summed E-state index contributed by atoms with van der Waals surface area (Å²) < 4.78 is 15.9. The van der Waals surface area contributed by atoms with Crippen LogP contribution in [-0.2, 0) is 4.79 Å². The zero-order chi connectivity index (χ0) is 20.5. The van der Waals surface area contributed by atoms with Gasteiger partial charge in [0.05, 0.1) is 26.9 Å². The lowest BCUT2D eigenvalue weighted by Crippen LogP contribution is -2.34. The minimum atomic E-state index is -1.26. The van der Waals surface area contributed by atoms with Crippen molar-refractivity contribution in [1.82, 2.24) is 5.32 Å². The molecule has 7 nitrogen and oxygen atoms in total. The van der Waals surface area contributed by atoms with Gasteiger partial charge in [0.1, 0.15) is 5.75 Å². The van der Waals surface area contributed by atoms with Crippen LogP contribution in [0, 0.1) is 0 Å². The van der Waals surface area contributed by atoms with Gasteiger partial charge in [0.15, 0.2) is 11.5 Å². The first-order valence-corrected chi connectivity index (χ1v) is 8.94. The molecule has 0 heterocycles. The van der Waals surface area contributed by atoms with Gasteiger partial charge >= 0.3 is 0 Å². The summed E-state index contributed by atoms with van der Waals surface area (Å²) in [5.74, 6) is -0.108. The Hall–Kier alpha value is -3.22. The van der Waals surface area contributed by atoms with Crippen LogP contribution in [0.4, 0.5) is 0 Å². The van der Waals surface area contributed by atoms with Crippen molar-refractivity contribution in [2.75, 3.05) is 20.8 Å². The zero-order valence-electron chi connectivity index (χ0n) is 16.2. The van der Waals surface area contributed by atoms with Crippen molar-refractivity contribution in [2.45, 2.75) is 25.8 Å². The Morgan fingerprint density at radius 1 is 1.04 bits per heavy atom. The molecular formula is C21H24NO6-. The van der Waals surface area contributed by atoms with Crippen molar-refractivity contribution < 1.29 is 28.9 Å². The summed E-state index contributed by atoms with van der Waals surface area (Å²) in [5.41, 5.74) is 0.964. The van der Waals surface area contributed by atoms with Crippen LogP contribution >= 0.6 is 0 Å². The van der Waals surface area contributed by atoms with E-state index in [0.29, 0.717) is 35.0 Å². The maximum Gasteiger partial charge on any atom is 0.251 e. The van der Waals surface area contributed by atoms with E-state index in [1.54, 1.807) is 36.4 Å². The first-order chi connectivity index (χ1) is 13.5. The van der Waals surface area contributed by atoms with Crippen LogP contribution in [0.15, 0.2) is 42.5 Å². The minimum Gasteiger partial charge on any atom is -0.550 e. The van der Waals surface area contributed by atoms with Gasteiger partial charge in [-0.2, -0.15) is 0 Å². The molecule has 0 aromatic heterocycles. The quantitative estimate of drug-likeness (QED) is 0.672. The number of aliphatic carboxylic acids is 1. The smallest absolute Gasteiger partial charge is 0.251 e. The second kappa shape index (κ2) is 10.2. The average Bonchev–Trinajstić information content (AvgIpc) is 2.71. The molecule has 1 atom stereocenters. The Morgan fingerprint density at radius 2 is 1.71 bits per heavy atom. The van der Waals surface area contributed by atoms with E-state index < -0.39 is 17.9 Å². The number of hydrogen-bond donors (Lipinski definition) is 1. The van der Waals surface area contributed by atoms with Crippen LogP contribution in [0.25, 0.3) is 0 Å². The third-order valence-electron chi connectivity index (χ3n) is 4.08. The van der Waals surface area contributed by atoms with Crippen molar-refractivity contribution in [3.8, 4) is 17.2 Å². The molecule has 1 N–H and O–H groups in total. The molecular weight excluding hydrogens is 362 g/mol. The maximum atomic E-state index is 12.6. The van der Waals surface area contributed by atoms with Crippen LogP contribution < -0.4 is 24.6 Å². The molecule has 0 aliphatic heterocycles. The third kappa shape index (κ3) is 5.64. The van der Waals surface area contributed by atoms with E-state index in [1.807, 2.05) is 6.92 Å². The van der Waals surface area contributed by atoms with Gasteiger partial charge in [0, 0.05) is 18.0 Å². The monoisotopic (exact) mass is 386 g/mol. The highest BCUT2D eigenvalue weighted by molar-refractivity contribution is 5.95. The number of carbonyl (C=O) groups excluding carboxylic acids is 2. The Morgan fingerprint density at radius 3 is 2.29 bits per heavy atom. The number of methoxy groups -OCH3 is 2. The summed E-state index contributed by atoms with van der Waals surface area (Å²) in [7, 11) is 2.97. The van der Waals surface area contributed by atoms with Crippen molar-refractivity contribution >= 4 is 11.9 Å². The van der Waals surface area contributed by atoms with E-state index in [1.165, 1.54) is 20.3 Å². The molecule has 0 saturated carbocycles. The van der Waals surface area contributed by atoms with E-state index >= 15 is 0 Å². The first kappa shape index (κ1) is 21.1. The second-order valence-corrected chi connectivity index (χ2v) is 6.09. The van der Waals surface area contributed by atoms with Crippen molar-refractivity contribution in [1.29, 1.82) is 0 Å². The Bertz CT molecular complexity index is 803. The van der Waals surface area contributed by atoms with Gasteiger partial charge in [-0.25, -0.2) is 0 Å². The van der Waals surface area contributed by atoms with E-state index in [4.69, 9.17) is 14.2 Å². The highest BCUT2D eigenvalue weighted by Crippen LogP contribution is 2.28. The fourth-order valence-corrected chi connectivity index (χ4v) is 2.65. The number of hydrogen-bond acceptors (Lipinski definition) is 6. The van der Waals surface area contributed by atoms with Crippen molar-refractivity contribution in [2.24, 2.45) is 0 Å². The summed E-state index contributed by atoms with van der Waals surface area (Å²) in [6.07, 6.45) is 0.532. The van der Waals surface area contributed by atoms with Crippen LogP contribution in [0.1, 0.15) is 41.7 Å². The number of carbonyl (C=O) groups is 2. The molecule has 0 fully saturated rings. The van der Waals surface area contributed by atoms with Gasteiger partial charge in [0.25, 0.3) is 5.91 Å². The molecule has 0 aliphatic rings. The molecule has 2 rings (SSSR count). The summed E-state index contributed by atoms with van der Waals surface area (Å²) in [4.78, 5) is 23.8. The van der Waals surface area contributed by atoms with E-state index in [-0.39, 0.29) is 6.42 Å². The molecule has 150 valence electrons. The van der Waals surface area contributed by atoms with Crippen molar-refractivity contribution in [3.63, 3.8) is 0 Å². The second-order valence-electron chi connectivity index (χ2n) is 6.09. The highest BCUT2D eigenvalue weighted by atomic mass is 16.5. The topological polar surface area (TPSA) is 96.9 Å². The van der Waals surface area contributed by atoms with E-state index in [9.17, 15) is 14.7 Å². The van der Waals surface area contributed by atoms with Crippen LogP contribution in [0.5, 0.6) is 17.2 Å². The maximum absolute atomic E-state index is 12.6. The molecule has 7 heteroatoms. The largest absolute Gasteiger partial charge is 0.550 e. The number of nitrogens with one attached hydrogen (secondary N) is 1. The number of carboxylic acid groups (broad SMARTS) is 1. The minimum absolute atomic E-state index is 0.323. The number of amides is 1. The molecule has 0 unspecified atom stereocenters. The predicted octanol–water partition coefficient (Wildman–Crippen LogP) is 2.10. The van der Waals surface area contributed by atoms with Crippen molar-refractivity contribution in [3.05, 3.63) is 53.6 Å². The van der Waals surface area contributed by atoms with Crippen LogP contribution in [0.2, 0.25) is 0 Å². The van der Waals surface area contributed by atoms with Gasteiger partial charge in [-0.05, 0) is 42.3 Å². The fourth-order valence-electron chi connectivity index (χ4n) is 2.65. The fraction of sp³-hybridized carbons (Fsp3) is 0.333.